The van der Waals surface area contributed by atoms with Crippen LogP contribution in [-0.2, 0) is 27.5 Å². The van der Waals surface area contributed by atoms with Crippen LogP contribution in [0.3, 0.4) is 0 Å². The van der Waals surface area contributed by atoms with Crippen LogP contribution in [0.5, 0.6) is 0 Å². The normalized spacial score (nSPS) is 23.3. The molecule has 2 atom stereocenters. The molecule has 1 N–H and O–H groups in total. The number of benzene rings is 2. The van der Waals surface area contributed by atoms with Crippen molar-refractivity contribution in [1.29, 1.82) is 0 Å². The summed E-state index contributed by atoms with van der Waals surface area (Å²) in [6.45, 7) is 1.69. The number of ether oxygens (including phenoxy) is 2. The number of likely N-dealkylation sites (tertiary alicyclic amines) is 1. The Kier molecular flexibility index (Phi) is 7.65. The Morgan fingerprint density at radius 3 is 2.00 bits per heavy atom. The zero-order valence-electron chi connectivity index (χ0n) is 19.0. The summed E-state index contributed by atoms with van der Waals surface area (Å²) in [6, 6.07) is 19.3. The van der Waals surface area contributed by atoms with Crippen LogP contribution in [0.4, 0.5) is 4.79 Å². The number of aliphatic hydroxyl groups is 1. The van der Waals surface area contributed by atoms with Crippen molar-refractivity contribution in [1.82, 2.24) is 4.90 Å². The molecule has 176 valence electrons. The summed E-state index contributed by atoms with van der Waals surface area (Å²) in [6.07, 6.45) is 3.33. The lowest BCUT2D eigenvalue weighted by Gasteiger charge is -2.37. The van der Waals surface area contributed by atoms with E-state index in [0.717, 1.165) is 30.4 Å². The van der Waals surface area contributed by atoms with Crippen molar-refractivity contribution in [2.24, 2.45) is 11.3 Å². The number of amides is 1. The van der Waals surface area contributed by atoms with Gasteiger partial charge in [-0.2, -0.15) is 0 Å². The number of carbonyl (C=O) groups excluding carboxylic acids is 2. The molecule has 6 heteroatoms. The Balaban J connectivity index is 1.29. The van der Waals surface area contributed by atoms with Crippen molar-refractivity contribution >= 4 is 12.1 Å². The molecule has 1 saturated heterocycles. The van der Waals surface area contributed by atoms with Crippen LogP contribution < -0.4 is 0 Å². The smallest absolute Gasteiger partial charge is 0.410 e. The van der Waals surface area contributed by atoms with Crippen LogP contribution in [0.2, 0.25) is 0 Å². The van der Waals surface area contributed by atoms with Crippen molar-refractivity contribution < 1.29 is 24.2 Å². The first-order valence-electron chi connectivity index (χ1n) is 11.9. The minimum Gasteiger partial charge on any atom is -0.460 e. The van der Waals surface area contributed by atoms with Gasteiger partial charge in [-0.15, -0.1) is 0 Å². The van der Waals surface area contributed by atoms with Crippen LogP contribution in [0.25, 0.3) is 0 Å². The minimum atomic E-state index is -0.838. The first kappa shape index (κ1) is 23.3. The maximum atomic E-state index is 13.2. The van der Waals surface area contributed by atoms with Gasteiger partial charge in [-0.1, -0.05) is 60.7 Å². The standard InChI is InChI=1S/C27H33NO5/c29-24-12-7-15-27(24,25(30)32-19-22-8-3-1-4-9-22)18-21-13-16-28(17-14-21)26(31)33-20-23-10-5-2-6-11-23/h1-6,8-11,21,24,29H,7,12-20H2. The molecule has 1 saturated carbocycles. The molecule has 1 heterocycles. The lowest BCUT2D eigenvalue weighted by Crippen LogP contribution is -2.44. The van der Waals surface area contributed by atoms with Crippen molar-refractivity contribution in [3.63, 3.8) is 0 Å². The van der Waals surface area contributed by atoms with E-state index in [-0.39, 0.29) is 31.2 Å². The molecule has 1 aliphatic carbocycles. The summed E-state index contributed by atoms with van der Waals surface area (Å²) in [7, 11) is 0. The largest absolute Gasteiger partial charge is 0.460 e. The van der Waals surface area contributed by atoms with Gasteiger partial charge in [0.15, 0.2) is 0 Å². The fraction of sp³-hybridized carbons (Fsp3) is 0.481. The average molecular weight is 452 g/mol. The van der Waals surface area contributed by atoms with Gasteiger partial charge in [0.1, 0.15) is 13.2 Å². The third-order valence-corrected chi connectivity index (χ3v) is 7.09. The highest BCUT2D eigenvalue weighted by Crippen LogP contribution is 2.46. The lowest BCUT2D eigenvalue weighted by molar-refractivity contribution is -0.165. The predicted molar refractivity (Wildman–Crippen MR) is 124 cm³/mol. The monoisotopic (exact) mass is 451 g/mol. The number of nitrogens with zero attached hydrogens (tertiary/aromatic N) is 1. The molecular formula is C27H33NO5. The Bertz CT molecular complexity index is 911. The van der Waals surface area contributed by atoms with E-state index < -0.39 is 11.5 Å². The molecule has 0 spiro atoms. The van der Waals surface area contributed by atoms with Crippen LogP contribution in [-0.4, -0.2) is 41.3 Å². The van der Waals surface area contributed by atoms with E-state index >= 15 is 0 Å². The molecule has 2 aromatic carbocycles. The SMILES string of the molecule is O=C(OCc1ccccc1)N1CCC(CC2(C(=O)OCc3ccccc3)CCCC2O)CC1. The minimum absolute atomic E-state index is 0.222. The summed E-state index contributed by atoms with van der Waals surface area (Å²) >= 11 is 0. The van der Waals surface area contributed by atoms with Gasteiger partial charge in [-0.25, -0.2) is 4.79 Å². The van der Waals surface area contributed by atoms with Crippen LogP contribution in [0, 0.1) is 11.3 Å². The molecule has 33 heavy (non-hydrogen) atoms. The molecule has 1 amide bonds. The first-order chi connectivity index (χ1) is 16.1. The van der Waals surface area contributed by atoms with Crippen molar-refractivity contribution in [3.8, 4) is 0 Å². The molecule has 4 rings (SSSR count). The van der Waals surface area contributed by atoms with Crippen LogP contribution in [0.15, 0.2) is 60.7 Å². The summed E-state index contributed by atoms with van der Waals surface area (Å²) in [5.74, 6) is -0.0266. The Hall–Kier alpha value is -2.86. The summed E-state index contributed by atoms with van der Waals surface area (Å²) < 4.78 is 11.1. The van der Waals surface area contributed by atoms with Gasteiger partial charge in [0.05, 0.1) is 11.5 Å². The molecule has 2 aliphatic rings. The molecule has 2 aromatic rings. The highest BCUT2D eigenvalue weighted by molar-refractivity contribution is 5.78. The molecule has 0 radical (unpaired) electrons. The van der Waals surface area contributed by atoms with E-state index in [1.54, 1.807) is 4.90 Å². The van der Waals surface area contributed by atoms with Gasteiger partial charge >= 0.3 is 12.1 Å². The molecule has 2 fully saturated rings. The van der Waals surface area contributed by atoms with Gasteiger partial charge in [0, 0.05) is 13.1 Å². The van der Waals surface area contributed by atoms with E-state index in [0.29, 0.717) is 32.4 Å². The maximum absolute atomic E-state index is 13.2. The highest BCUT2D eigenvalue weighted by atomic mass is 16.6. The van der Waals surface area contributed by atoms with Gasteiger partial charge in [-0.05, 0) is 55.6 Å². The molecule has 6 nitrogen and oxygen atoms in total. The number of aliphatic hydroxyl groups excluding tert-OH is 1. The number of hydrogen-bond acceptors (Lipinski definition) is 5. The average Bonchev–Trinajstić information content (AvgIpc) is 3.23. The van der Waals surface area contributed by atoms with E-state index in [4.69, 9.17) is 9.47 Å². The quantitative estimate of drug-likeness (QED) is 0.618. The van der Waals surface area contributed by atoms with Crippen LogP contribution in [0.1, 0.15) is 49.7 Å². The number of carbonyl (C=O) groups is 2. The summed E-state index contributed by atoms with van der Waals surface area (Å²) in [5.41, 5.74) is 1.07. The molecule has 0 bridgehead atoms. The van der Waals surface area contributed by atoms with Crippen molar-refractivity contribution in [2.75, 3.05) is 13.1 Å². The van der Waals surface area contributed by atoms with Crippen molar-refractivity contribution in [2.45, 2.75) is 57.8 Å². The number of hydrogen-bond donors (Lipinski definition) is 1. The summed E-state index contributed by atoms with van der Waals surface area (Å²) in [4.78, 5) is 27.3. The molecule has 0 aromatic heterocycles. The summed E-state index contributed by atoms with van der Waals surface area (Å²) in [5, 5.41) is 10.8. The number of esters is 1. The zero-order valence-corrected chi connectivity index (χ0v) is 19.0. The second-order valence-corrected chi connectivity index (χ2v) is 9.30. The van der Waals surface area contributed by atoms with Crippen LogP contribution >= 0.6 is 0 Å². The molecule has 1 aliphatic heterocycles. The Morgan fingerprint density at radius 2 is 1.45 bits per heavy atom. The van der Waals surface area contributed by atoms with E-state index in [1.807, 2.05) is 60.7 Å². The fourth-order valence-corrected chi connectivity index (χ4v) is 5.13. The topological polar surface area (TPSA) is 76.1 Å². The molecule has 2 unspecified atom stereocenters. The van der Waals surface area contributed by atoms with Gasteiger partial charge in [-0.3, -0.25) is 4.79 Å². The van der Waals surface area contributed by atoms with Gasteiger partial charge in [0.25, 0.3) is 0 Å². The predicted octanol–water partition coefficient (Wildman–Crippen LogP) is 4.70. The third kappa shape index (κ3) is 5.74. The first-order valence-corrected chi connectivity index (χ1v) is 11.9. The van der Waals surface area contributed by atoms with Gasteiger partial charge in [0.2, 0.25) is 0 Å². The highest BCUT2D eigenvalue weighted by Gasteiger charge is 2.51. The maximum Gasteiger partial charge on any atom is 0.410 e. The zero-order chi connectivity index (χ0) is 23.1. The second kappa shape index (κ2) is 10.8. The van der Waals surface area contributed by atoms with Gasteiger partial charge < -0.3 is 19.5 Å². The number of rotatable bonds is 7. The lowest BCUT2D eigenvalue weighted by atomic mass is 9.73. The van der Waals surface area contributed by atoms with E-state index in [9.17, 15) is 14.7 Å². The Morgan fingerprint density at radius 1 is 0.879 bits per heavy atom. The molecular weight excluding hydrogens is 418 g/mol. The Labute approximate surface area is 195 Å². The van der Waals surface area contributed by atoms with E-state index in [1.165, 1.54) is 0 Å². The van der Waals surface area contributed by atoms with E-state index in [2.05, 4.69) is 0 Å². The second-order valence-electron chi connectivity index (χ2n) is 9.30. The number of piperidine rings is 1. The third-order valence-electron chi connectivity index (χ3n) is 7.09. The fourth-order valence-electron chi connectivity index (χ4n) is 5.13. The van der Waals surface area contributed by atoms with Crippen molar-refractivity contribution in [3.05, 3.63) is 71.8 Å².